The summed E-state index contributed by atoms with van der Waals surface area (Å²) in [4.78, 5) is 44.8. The van der Waals surface area contributed by atoms with Crippen molar-refractivity contribution in [1.82, 2.24) is 34.4 Å². The molecule has 1 fully saturated rings. The Bertz CT molecular complexity index is 1350. The van der Waals surface area contributed by atoms with Crippen molar-refractivity contribution in [2.75, 3.05) is 13.1 Å². The van der Waals surface area contributed by atoms with Gasteiger partial charge in [-0.3, -0.25) is 14.2 Å². The van der Waals surface area contributed by atoms with Crippen molar-refractivity contribution < 1.29 is 14.3 Å². The molecular formula is C26H27N7O3. The molecule has 10 nitrogen and oxygen atoms in total. The van der Waals surface area contributed by atoms with Crippen LogP contribution in [0.5, 0.6) is 5.88 Å². The molecular weight excluding hydrogens is 458 g/mol. The highest BCUT2D eigenvalue weighted by Gasteiger charge is 2.35. The molecule has 0 bridgehead atoms. The summed E-state index contributed by atoms with van der Waals surface area (Å²) >= 11 is 0. The van der Waals surface area contributed by atoms with E-state index in [2.05, 4.69) is 31.0 Å². The second-order valence-corrected chi connectivity index (χ2v) is 8.73. The predicted molar refractivity (Wildman–Crippen MR) is 133 cm³/mol. The standard InChI is InChI=1S/C21H21N5O2.C5H6N2O/c27-21(19-24-16-8-4-5-9-17(16)25-19)26-12-15(13-26)28-20-18(22-10-11-23-20)14-6-2-1-3-7-14;1-5(8)7-3-2-6-4-7/h4-6,8-11,15H,1-3,7,12-13H2,(H,24,25);2-4H,1H3. The molecule has 0 spiro atoms. The average Bonchev–Trinajstić information content (AvgIpc) is 3.57. The minimum atomic E-state index is -0.106. The number of amides is 1. The molecule has 0 atom stereocenters. The monoisotopic (exact) mass is 485 g/mol. The van der Waals surface area contributed by atoms with E-state index in [-0.39, 0.29) is 17.9 Å². The van der Waals surface area contributed by atoms with Crippen LogP contribution in [0.15, 0.2) is 61.5 Å². The second-order valence-electron chi connectivity index (χ2n) is 8.73. The Morgan fingerprint density at radius 3 is 2.61 bits per heavy atom. The fourth-order valence-electron chi connectivity index (χ4n) is 4.17. The number of H-pyrrole nitrogens is 1. The molecule has 184 valence electrons. The van der Waals surface area contributed by atoms with Crippen molar-refractivity contribution in [3.05, 3.63) is 73.0 Å². The van der Waals surface area contributed by atoms with Crippen molar-refractivity contribution in [3.8, 4) is 5.88 Å². The molecule has 1 aliphatic carbocycles. The lowest BCUT2D eigenvalue weighted by Crippen LogP contribution is -2.56. The Morgan fingerprint density at radius 1 is 1.08 bits per heavy atom. The van der Waals surface area contributed by atoms with Crippen LogP contribution in [0.3, 0.4) is 0 Å². The lowest BCUT2D eigenvalue weighted by atomic mass is 9.97. The number of allylic oxidation sites excluding steroid dienone is 2. The Kier molecular flexibility index (Phi) is 6.83. The topological polar surface area (TPSA) is 119 Å². The molecule has 10 heteroatoms. The van der Waals surface area contributed by atoms with Crippen molar-refractivity contribution in [2.24, 2.45) is 0 Å². The number of carbonyl (C=O) groups is 2. The number of hydrogen-bond acceptors (Lipinski definition) is 7. The molecule has 0 saturated carbocycles. The largest absolute Gasteiger partial charge is 0.469 e. The van der Waals surface area contributed by atoms with Gasteiger partial charge in [0.1, 0.15) is 18.1 Å². The van der Waals surface area contributed by atoms with Gasteiger partial charge in [-0.25, -0.2) is 19.9 Å². The summed E-state index contributed by atoms with van der Waals surface area (Å²) in [7, 11) is 0. The first-order chi connectivity index (χ1) is 17.6. The molecule has 6 rings (SSSR count). The molecule has 0 unspecified atom stereocenters. The third kappa shape index (κ3) is 5.17. The van der Waals surface area contributed by atoms with Crippen LogP contribution in [0, 0.1) is 0 Å². The summed E-state index contributed by atoms with van der Waals surface area (Å²) in [6, 6.07) is 7.63. The van der Waals surface area contributed by atoms with Crippen molar-refractivity contribution in [2.45, 2.75) is 38.7 Å². The number of hydrogen-bond donors (Lipinski definition) is 1. The van der Waals surface area contributed by atoms with Gasteiger partial charge in [-0.05, 0) is 43.4 Å². The van der Waals surface area contributed by atoms with Crippen LogP contribution < -0.4 is 4.74 Å². The first kappa shape index (κ1) is 23.4. The average molecular weight is 486 g/mol. The van der Waals surface area contributed by atoms with Gasteiger partial charge in [0, 0.05) is 31.7 Å². The van der Waals surface area contributed by atoms with Gasteiger partial charge in [0.05, 0.1) is 24.1 Å². The van der Waals surface area contributed by atoms with Crippen LogP contribution in [0.25, 0.3) is 16.6 Å². The Balaban J connectivity index is 0.000000286. The number of imidazole rings is 2. The van der Waals surface area contributed by atoms with Crippen LogP contribution in [-0.2, 0) is 0 Å². The van der Waals surface area contributed by atoms with E-state index >= 15 is 0 Å². The van der Waals surface area contributed by atoms with Gasteiger partial charge in [-0.15, -0.1) is 0 Å². The van der Waals surface area contributed by atoms with Crippen LogP contribution in [0.1, 0.15) is 53.7 Å². The number of nitrogens with zero attached hydrogens (tertiary/aromatic N) is 6. The number of ether oxygens (including phenoxy) is 1. The molecule has 1 N–H and O–H groups in total. The number of para-hydroxylation sites is 2. The second kappa shape index (κ2) is 10.5. The van der Waals surface area contributed by atoms with Crippen LogP contribution in [-0.4, -0.2) is 65.4 Å². The first-order valence-electron chi connectivity index (χ1n) is 12.0. The maximum Gasteiger partial charge on any atom is 0.289 e. The lowest BCUT2D eigenvalue weighted by Gasteiger charge is -2.38. The van der Waals surface area contributed by atoms with Crippen molar-refractivity contribution >= 4 is 28.4 Å². The zero-order valence-electron chi connectivity index (χ0n) is 20.0. The molecule has 1 saturated heterocycles. The maximum absolute atomic E-state index is 12.6. The molecule has 3 aromatic heterocycles. The van der Waals surface area contributed by atoms with Gasteiger partial charge in [0.2, 0.25) is 11.8 Å². The van der Waals surface area contributed by atoms with E-state index in [0.717, 1.165) is 29.6 Å². The molecule has 1 aromatic carbocycles. The molecule has 0 radical (unpaired) electrons. The highest BCUT2D eigenvalue weighted by molar-refractivity contribution is 5.94. The Hall–Kier alpha value is -4.34. The van der Waals surface area contributed by atoms with Crippen LogP contribution >= 0.6 is 0 Å². The third-order valence-electron chi connectivity index (χ3n) is 6.13. The number of likely N-dealkylation sites (tertiary alicyclic amines) is 1. The number of carbonyl (C=O) groups excluding carboxylic acids is 2. The van der Waals surface area contributed by atoms with Crippen molar-refractivity contribution in [1.29, 1.82) is 0 Å². The predicted octanol–water partition coefficient (Wildman–Crippen LogP) is 3.76. The molecule has 1 amide bonds. The summed E-state index contributed by atoms with van der Waals surface area (Å²) in [5, 5.41) is 0. The first-order valence-corrected chi connectivity index (χ1v) is 12.0. The summed E-state index contributed by atoms with van der Waals surface area (Å²) in [6.07, 6.45) is 14.7. The quantitative estimate of drug-likeness (QED) is 0.467. The van der Waals surface area contributed by atoms with Gasteiger partial charge in [-0.2, -0.15) is 0 Å². The minimum absolute atomic E-state index is 0.0116. The highest BCUT2D eigenvalue weighted by Crippen LogP contribution is 2.31. The molecule has 36 heavy (non-hydrogen) atoms. The Morgan fingerprint density at radius 2 is 1.92 bits per heavy atom. The normalized spacial score (nSPS) is 15.5. The van der Waals surface area contributed by atoms with Gasteiger partial charge < -0.3 is 14.6 Å². The number of benzene rings is 1. The highest BCUT2D eigenvalue weighted by atomic mass is 16.5. The molecule has 2 aliphatic rings. The summed E-state index contributed by atoms with van der Waals surface area (Å²) in [5.41, 5.74) is 3.71. The zero-order chi connectivity index (χ0) is 24.9. The number of fused-ring (bicyclic) bond motifs is 1. The van der Waals surface area contributed by atoms with E-state index in [1.165, 1.54) is 36.2 Å². The van der Waals surface area contributed by atoms with Gasteiger partial charge in [0.15, 0.2) is 5.82 Å². The zero-order valence-corrected chi connectivity index (χ0v) is 20.0. The fraction of sp³-hybridized carbons (Fsp3) is 0.308. The van der Waals surface area contributed by atoms with Gasteiger partial charge >= 0.3 is 0 Å². The summed E-state index contributed by atoms with van der Waals surface area (Å²) in [6.45, 7) is 2.53. The molecule has 1 aliphatic heterocycles. The maximum atomic E-state index is 12.6. The number of aromatic nitrogens is 6. The van der Waals surface area contributed by atoms with Crippen LogP contribution in [0.4, 0.5) is 0 Å². The fourth-order valence-corrected chi connectivity index (χ4v) is 4.17. The number of rotatable bonds is 4. The van der Waals surface area contributed by atoms with Crippen molar-refractivity contribution in [3.63, 3.8) is 0 Å². The number of nitrogens with one attached hydrogen (secondary N) is 1. The van der Waals surface area contributed by atoms with Gasteiger partial charge in [0.25, 0.3) is 5.91 Å². The van der Waals surface area contributed by atoms with E-state index in [0.29, 0.717) is 24.8 Å². The Labute approximate surface area is 208 Å². The van der Waals surface area contributed by atoms with E-state index in [9.17, 15) is 9.59 Å². The lowest BCUT2D eigenvalue weighted by molar-refractivity contribution is 0.0149. The van der Waals surface area contributed by atoms with Gasteiger partial charge in [-0.1, -0.05) is 18.2 Å². The minimum Gasteiger partial charge on any atom is -0.469 e. The third-order valence-corrected chi connectivity index (χ3v) is 6.13. The van der Waals surface area contributed by atoms with E-state index in [4.69, 9.17) is 4.74 Å². The van der Waals surface area contributed by atoms with Crippen LogP contribution in [0.2, 0.25) is 0 Å². The SMILES string of the molecule is CC(=O)n1ccnc1.O=C(c1nc2ccccc2[nH]1)N1CC(Oc2nccnc2C2=CCCCC2)C1. The van der Waals surface area contributed by atoms with E-state index in [1.807, 2.05) is 24.3 Å². The van der Waals surface area contributed by atoms with E-state index < -0.39 is 0 Å². The summed E-state index contributed by atoms with van der Waals surface area (Å²) < 4.78 is 7.49. The summed E-state index contributed by atoms with van der Waals surface area (Å²) in [5.74, 6) is 0.816. The van der Waals surface area contributed by atoms with E-state index in [1.54, 1.807) is 29.7 Å². The smallest absolute Gasteiger partial charge is 0.289 e. The molecule has 4 aromatic rings. The molecule has 4 heterocycles. The number of aromatic amines is 1.